The van der Waals surface area contributed by atoms with Crippen molar-refractivity contribution in [1.82, 2.24) is 19.9 Å². The largest absolute Gasteiger partial charge is 0.375 e. The van der Waals surface area contributed by atoms with Gasteiger partial charge in [-0.25, -0.2) is 4.68 Å². The van der Waals surface area contributed by atoms with Gasteiger partial charge in [0.05, 0.1) is 25.0 Å². The number of methoxy groups -OCH3 is 1. The topological polar surface area (TPSA) is 87.2 Å². The molecule has 8 nitrogen and oxygen atoms in total. The molecular weight excluding hydrogens is 334 g/mol. The lowest BCUT2D eigenvalue weighted by atomic mass is 9.90. The van der Waals surface area contributed by atoms with E-state index < -0.39 is 0 Å². The Hall–Kier alpha value is -2.71. The monoisotopic (exact) mass is 353 g/mol. The third-order valence-corrected chi connectivity index (χ3v) is 5.04. The molecule has 4 heterocycles. The lowest BCUT2D eigenvalue weighted by Crippen LogP contribution is -2.48. The molecular formula is C18H19N5O3. The van der Waals surface area contributed by atoms with Crippen LogP contribution in [0.4, 0.5) is 5.82 Å². The second-order valence-corrected chi connectivity index (χ2v) is 6.61. The molecule has 2 aromatic heterocycles. The van der Waals surface area contributed by atoms with E-state index in [1.54, 1.807) is 13.3 Å². The van der Waals surface area contributed by atoms with Crippen LogP contribution in [0.3, 0.4) is 0 Å². The molecule has 0 atom stereocenters. The first-order chi connectivity index (χ1) is 12.8. The fraction of sp³-hybridized carbons (Fsp3) is 0.389. The first-order valence-corrected chi connectivity index (χ1v) is 8.67. The first kappa shape index (κ1) is 15.5. The summed E-state index contributed by atoms with van der Waals surface area (Å²) in [5, 5.41) is 11.9. The number of nitrogens with zero attached hydrogens (tertiary/aromatic N) is 4. The summed E-state index contributed by atoms with van der Waals surface area (Å²) in [7, 11) is 1.70. The number of fused-ring (bicyclic) bond motifs is 1. The molecule has 26 heavy (non-hydrogen) atoms. The van der Waals surface area contributed by atoms with Crippen LogP contribution in [0.1, 0.15) is 12.0 Å². The van der Waals surface area contributed by atoms with Crippen molar-refractivity contribution in [3.63, 3.8) is 0 Å². The van der Waals surface area contributed by atoms with Gasteiger partial charge in [-0.1, -0.05) is 17.3 Å². The molecule has 2 aliphatic rings. The smallest absolute Gasteiger partial charge is 0.258 e. The van der Waals surface area contributed by atoms with Crippen molar-refractivity contribution in [1.29, 1.82) is 0 Å². The first-order valence-electron chi connectivity index (χ1n) is 8.67. The number of rotatable bonds is 4. The standard InChI is InChI=1S/C18H19N5O3/c1-24-18(10-25-11-18)13-5-2-4-12(8-13)17-21-15(22-26-17)14-9-20-23-7-3-6-19-16(14)23/h2,4-5,8-9,19H,3,6-7,10-11H2,1H3. The molecule has 1 fully saturated rings. The minimum Gasteiger partial charge on any atom is -0.375 e. The Morgan fingerprint density at radius 2 is 2.23 bits per heavy atom. The number of aromatic nitrogens is 4. The fourth-order valence-electron chi connectivity index (χ4n) is 3.42. The molecule has 1 saturated heterocycles. The molecule has 0 saturated carbocycles. The summed E-state index contributed by atoms with van der Waals surface area (Å²) in [6, 6.07) is 7.98. The Bertz CT molecular complexity index is 938. The second-order valence-electron chi connectivity index (χ2n) is 6.61. The van der Waals surface area contributed by atoms with Crippen LogP contribution in [0.15, 0.2) is 35.0 Å². The molecule has 0 bridgehead atoms. The number of aryl methyl sites for hydroxylation is 1. The summed E-state index contributed by atoms with van der Waals surface area (Å²) in [5.41, 5.74) is 2.39. The number of hydrogen-bond acceptors (Lipinski definition) is 7. The zero-order chi connectivity index (χ0) is 17.6. The summed E-state index contributed by atoms with van der Waals surface area (Å²) in [5.74, 6) is 1.96. The van der Waals surface area contributed by atoms with Gasteiger partial charge in [0, 0.05) is 25.8 Å². The highest BCUT2D eigenvalue weighted by molar-refractivity contribution is 5.71. The number of ether oxygens (including phenoxy) is 2. The third kappa shape index (κ3) is 2.33. The van der Waals surface area contributed by atoms with Crippen LogP contribution >= 0.6 is 0 Å². The highest BCUT2D eigenvalue weighted by Gasteiger charge is 2.40. The van der Waals surface area contributed by atoms with Gasteiger partial charge < -0.3 is 19.3 Å². The number of anilines is 1. The SMILES string of the molecule is COC1(c2cccc(-c3nc(-c4cnn5c4NCCC5)no3)c2)COC1. The van der Waals surface area contributed by atoms with Gasteiger partial charge in [-0.05, 0) is 24.1 Å². The molecule has 0 amide bonds. The Kier molecular flexibility index (Phi) is 3.54. The Balaban J connectivity index is 1.48. The van der Waals surface area contributed by atoms with Crippen molar-refractivity contribution in [3.8, 4) is 22.8 Å². The average molecular weight is 353 g/mol. The summed E-state index contributed by atoms with van der Waals surface area (Å²) < 4.78 is 18.5. The van der Waals surface area contributed by atoms with E-state index in [1.165, 1.54) is 0 Å². The Morgan fingerprint density at radius 1 is 1.31 bits per heavy atom. The predicted molar refractivity (Wildman–Crippen MR) is 93.6 cm³/mol. The van der Waals surface area contributed by atoms with E-state index in [0.717, 1.165) is 42.0 Å². The molecule has 0 unspecified atom stereocenters. The predicted octanol–water partition coefficient (Wildman–Crippen LogP) is 2.29. The minimum absolute atomic E-state index is 0.381. The molecule has 1 N–H and O–H groups in total. The maximum atomic E-state index is 5.67. The van der Waals surface area contributed by atoms with E-state index in [4.69, 9.17) is 14.0 Å². The lowest BCUT2D eigenvalue weighted by Gasteiger charge is -2.40. The van der Waals surface area contributed by atoms with Crippen LogP contribution in [-0.2, 0) is 21.6 Å². The van der Waals surface area contributed by atoms with Gasteiger partial charge in [0.2, 0.25) is 5.82 Å². The van der Waals surface area contributed by atoms with E-state index in [-0.39, 0.29) is 5.60 Å². The lowest BCUT2D eigenvalue weighted by molar-refractivity contribution is -0.202. The van der Waals surface area contributed by atoms with Gasteiger partial charge in [-0.3, -0.25) is 0 Å². The maximum Gasteiger partial charge on any atom is 0.258 e. The molecule has 1 aromatic carbocycles. The molecule has 134 valence electrons. The van der Waals surface area contributed by atoms with E-state index >= 15 is 0 Å². The minimum atomic E-state index is -0.381. The zero-order valence-corrected chi connectivity index (χ0v) is 14.4. The normalized spacial score (nSPS) is 18.0. The molecule has 5 rings (SSSR count). The summed E-state index contributed by atoms with van der Waals surface area (Å²) in [6.45, 7) is 2.93. The number of hydrogen-bond donors (Lipinski definition) is 1. The Morgan fingerprint density at radius 3 is 3.04 bits per heavy atom. The van der Waals surface area contributed by atoms with Crippen molar-refractivity contribution in [2.24, 2.45) is 0 Å². The van der Waals surface area contributed by atoms with Crippen molar-refractivity contribution >= 4 is 5.82 Å². The Labute approximate surface area is 150 Å². The quantitative estimate of drug-likeness (QED) is 0.770. The van der Waals surface area contributed by atoms with Crippen LogP contribution in [0.2, 0.25) is 0 Å². The van der Waals surface area contributed by atoms with Gasteiger partial charge >= 0.3 is 0 Å². The van der Waals surface area contributed by atoms with Crippen molar-refractivity contribution in [3.05, 3.63) is 36.0 Å². The average Bonchev–Trinajstić information content (AvgIpc) is 3.28. The maximum absolute atomic E-state index is 5.67. The van der Waals surface area contributed by atoms with Crippen LogP contribution < -0.4 is 5.32 Å². The van der Waals surface area contributed by atoms with Crippen LogP contribution in [0.5, 0.6) is 0 Å². The fourth-order valence-corrected chi connectivity index (χ4v) is 3.42. The summed E-state index contributed by atoms with van der Waals surface area (Å²) in [4.78, 5) is 4.58. The molecule has 2 aliphatic heterocycles. The molecule has 3 aromatic rings. The van der Waals surface area contributed by atoms with Crippen LogP contribution in [0.25, 0.3) is 22.8 Å². The highest BCUT2D eigenvalue weighted by atomic mass is 16.6. The van der Waals surface area contributed by atoms with Crippen LogP contribution in [-0.4, -0.2) is 46.8 Å². The highest BCUT2D eigenvalue weighted by Crippen LogP contribution is 2.35. The zero-order valence-electron chi connectivity index (χ0n) is 14.4. The van der Waals surface area contributed by atoms with Crippen molar-refractivity contribution in [2.45, 2.75) is 18.6 Å². The molecule has 8 heteroatoms. The molecule has 0 aliphatic carbocycles. The van der Waals surface area contributed by atoms with Crippen LogP contribution in [0, 0.1) is 0 Å². The number of benzene rings is 1. The van der Waals surface area contributed by atoms with Crippen molar-refractivity contribution in [2.75, 3.05) is 32.2 Å². The van der Waals surface area contributed by atoms with Gasteiger partial charge in [0.15, 0.2) is 0 Å². The summed E-state index contributed by atoms with van der Waals surface area (Å²) >= 11 is 0. The molecule has 0 radical (unpaired) electrons. The number of nitrogens with one attached hydrogen (secondary N) is 1. The second kappa shape index (κ2) is 5.93. The van der Waals surface area contributed by atoms with Crippen molar-refractivity contribution < 1.29 is 14.0 Å². The van der Waals surface area contributed by atoms with Gasteiger partial charge in [0.25, 0.3) is 5.89 Å². The van der Waals surface area contributed by atoms with Gasteiger partial charge in [-0.15, -0.1) is 0 Å². The summed E-state index contributed by atoms with van der Waals surface area (Å²) in [6.07, 6.45) is 2.84. The van der Waals surface area contributed by atoms with E-state index in [0.29, 0.717) is 24.9 Å². The van der Waals surface area contributed by atoms with Gasteiger partial charge in [-0.2, -0.15) is 10.1 Å². The van der Waals surface area contributed by atoms with E-state index in [9.17, 15) is 0 Å². The molecule has 0 spiro atoms. The van der Waals surface area contributed by atoms with E-state index in [2.05, 4.69) is 20.6 Å². The van der Waals surface area contributed by atoms with Gasteiger partial charge in [0.1, 0.15) is 11.4 Å². The third-order valence-electron chi connectivity index (χ3n) is 5.04. The van der Waals surface area contributed by atoms with E-state index in [1.807, 2.05) is 28.9 Å².